The normalized spacial score (nSPS) is 12.9. The van der Waals surface area contributed by atoms with Crippen molar-refractivity contribution in [1.82, 2.24) is 9.62 Å². The maximum absolute atomic E-state index is 12.6. The number of carboxylic acid groups (broad SMARTS) is 1. The first-order chi connectivity index (χ1) is 10.6. The molecule has 9 heteroatoms. The van der Waals surface area contributed by atoms with Crippen LogP contribution in [0.4, 0.5) is 0 Å². The van der Waals surface area contributed by atoms with Crippen LogP contribution in [0.1, 0.15) is 19.4 Å². The third-order valence-electron chi connectivity index (χ3n) is 3.15. The van der Waals surface area contributed by atoms with Crippen LogP contribution in [0.3, 0.4) is 0 Å². The van der Waals surface area contributed by atoms with Crippen molar-refractivity contribution in [2.75, 3.05) is 13.1 Å². The lowest BCUT2D eigenvalue weighted by atomic mass is 10.2. The number of benzene rings is 1. The van der Waals surface area contributed by atoms with Crippen molar-refractivity contribution in [2.24, 2.45) is 0 Å². The number of aliphatic carboxylic acids is 1. The second-order valence-electron chi connectivity index (χ2n) is 4.96. The van der Waals surface area contributed by atoms with Gasteiger partial charge in [-0.1, -0.05) is 29.8 Å². The molecule has 0 spiro atoms. The third kappa shape index (κ3) is 5.81. The molecule has 0 aromatic heterocycles. The number of halogens is 1. The molecule has 7 nitrogen and oxygen atoms in total. The summed E-state index contributed by atoms with van der Waals surface area (Å²) >= 11 is 5.97. The van der Waals surface area contributed by atoms with Crippen LogP contribution in [-0.2, 0) is 25.4 Å². The molecule has 1 atom stereocenters. The monoisotopic (exact) mass is 362 g/mol. The highest BCUT2D eigenvalue weighted by molar-refractivity contribution is 7.88. The number of carbonyl (C=O) groups excluding carboxylic acids is 1. The van der Waals surface area contributed by atoms with E-state index in [0.717, 1.165) is 4.31 Å². The van der Waals surface area contributed by atoms with Gasteiger partial charge in [-0.05, 0) is 18.6 Å². The zero-order valence-electron chi connectivity index (χ0n) is 12.8. The first-order valence-electron chi connectivity index (χ1n) is 6.85. The second-order valence-corrected chi connectivity index (χ2v) is 7.28. The summed E-state index contributed by atoms with van der Waals surface area (Å²) in [7, 11) is -3.92. The van der Waals surface area contributed by atoms with Crippen molar-refractivity contribution in [3.8, 4) is 0 Å². The number of hydrogen-bond acceptors (Lipinski definition) is 4. The fraction of sp³-hybridized carbons (Fsp3) is 0.429. The van der Waals surface area contributed by atoms with Crippen LogP contribution in [0, 0.1) is 0 Å². The molecule has 0 aliphatic rings. The van der Waals surface area contributed by atoms with Gasteiger partial charge in [-0.15, -0.1) is 0 Å². The first-order valence-corrected chi connectivity index (χ1v) is 8.84. The lowest BCUT2D eigenvalue weighted by molar-refractivity contribution is -0.140. The van der Waals surface area contributed by atoms with Gasteiger partial charge in [0.2, 0.25) is 15.9 Å². The molecule has 128 valence electrons. The maximum atomic E-state index is 12.6. The van der Waals surface area contributed by atoms with E-state index in [1.54, 1.807) is 24.3 Å². The summed E-state index contributed by atoms with van der Waals surface area (Å²) in [6, 6.07) is 5.20. The molecule has 1 aromatic rings. The van der Waals surface area contributed by atoms with Gasteiger partial charge in [0.25, 0.3) is 0 Å². The molecule has 0 saturated carbocycles. The van der Waals surface area contributed by atoms with E-state index in [9.17, 15) is 18.0 Å². The van der Waals surface area contributed by atoms with E-state index < -0.39 is 27.8 Å². The molecule has 0 fully saturated rings. The minimum atomic E-state index is -3.92. The number of rotatable bonds is 8. The zero-order chi connectivity index (χ0) is 17.6. The lowest BCUT2D eigenvalue weighted by Gasteiger charge is -2.26. The van der Waals surface area contributed by atoms with Crippen LogP contribution in [0.5, 0.6) is 0 Å². The Morgan fingerprint density at radius 2 is 1.96 bits per heavy atom. The van der Waals surface area contributed by atoms with E-state index in [1.165, 1.54) is 13.8 Å². The van der Waals surface area contributed by atoms with Gasteiger partial charge >= 0.3 is 5.97 Å². The molecule has 0 heterocycles. The highest BCUT2D eigenvalue weighted by Crippen LogP contribution is 2.20. The predicted molar refractivity (Wildman–Crippen MR) is 86.6 cm³/mol. The van der Waals surface area contributed by atoms with Crippen LogP contribution < -0.4 is 5.32 Å². The van der Waals surface area contributed by atoms with Gasteiger partial charge in [-0.2, -0.15) is 4.31 Å². The van der Waals surface area contributed by atoms with Crippen LogP contribution >= 0.6 is 11.6 Å². The van der Waals surface area contributed by atoms with Gasteiger partial charge in [0.05, 0.1) is 5.75 Å². The number of carboxylic acids is 1. The summed E-state index contributed by atoms with van der Waals surface area (Å²) in [5, 5.41) is 11.9. The molecule has 2 N–H and O–H groups in total. The minimum Gasteiger partial charge on any atom is -0.480 e. The van der Waals surface area contributed by atoms with E-state index in [2.05, 4.69) is 5.32 Å². The van der Waals surface area contributed by atoms with Gasteiger partial charge in [-0.25, -0.2) is 8.42 Å². The Morgan fingerprint density at radius 3 is 2.48 bits per heavy atom. The summed E-state index contributed by atoms with van der Waals surface area (Å²) in [5.74, 6) is -2.00. The van der Waals surface area contributed by atoms with Gasteiger partial charge in [0.15, 0.2) is 0 Å². The Kier molecular flexibility index (Phi) is 6.99. The van der Waals surface area contributed by atoms with Crippen molar-refractivity contribution < 1.29 is 23.1 Å². The molecule has 0 aliphatic carbocycles. The molecule has 1 unspecified atom stereocenters. The van der Waals surface area contributed by atoms with Crippen molar-refractivity contribution in [1.29, 1.82) is 0 Å². The number of nitrogens with zero attached hydrogens (tertiary/aromatic N) is 1. The Balaban J connectivity index is 3.00. The summed E-state index contributed by atoms with van der Waals surface area (Å²) in [5.41, 5.74) is 0.385. The predicted octanol–water partition coefficient (Wildman–Crippen LogP) is 1.08. The maximum Gasteiger partial charge on any atom is 0.321 e. The number of nitrogens with one attached hydrogen (secondary N) is 1. The van der Waals surface area contributed by atoms with Crippen molar-refractivity contribution in [2.45, 2.75) is 25.6 Å². The van der Waals surface area contributed by atoms with E-state index in [-0.39, 0.29) is 19.0 Å². The van der Waals surface area contributed by atoms with E-state index >= 15 is 0 Å². The third-order valence-corrected chi connectivity index (χ3v) is 5.41. The fourth-order valence-electron chi connectivity index (χ4n) is 1.93. The number of sulfonamides is 1. The minimum absolute atomic E-state index is 0.0225. The quantitative estimate of drug-likeness (QED) is 0.720. The average Bonchev–Trinajstić information content (AvgIpc) is 2.44. The molecule has 0 radical (unpaired) electrons. The molecule has 23 heavy (non-hydrogen) atoms. The van der Waals surface area contributed by atoms with Crippen molar-refractivity contribution in [3.05, 3.63) is 34.9 Å². The van der Waals surface area contributed by atoms with Crippen LogP contribution in [0.15, 0.2) is 24.3 Å². The number of hydrogen-bond donors (Lipinski definition) is 2. The summed E-state index contributed by atoms with van der Waals surface area (Å²) < 4.78 is 26.0. The molecule has 0 aliphatic heterocycles. The topological polar surface area (TPSA) is 104 Å². The molecular weight excluding hydrogens is 344 g/mol. The van der Waals surface area contributed by atoms with Gasteiger partial charge < -0.3 is 10.4 Å². The zero-order valence-corrected chi connectivity index (χ0v) is 14.4. The highest BCUT2D eigenvalue weighted by Gasteiger charge is 2.31. The Morgan fingerprint density at radius 1 is 1.35 bits per heavy atom. The van der Waals surface area contributed by atoms with Gasteiger partial charge in [0, 0.05) is 25.0 Å². The summed E-state index contributed by atoms with van der Waals surface area (Å²) in [4.78, 5) is 22.1. The van der Waals surface area contributed by atoms with Gasteiger partial charge in [-0.3, -0.25) is 9.59 Å². The molecule has 0 saturated heterocycles. The molecule has 0 bridgehead atoms. The van der Waals surface area contributed by atoms with Crippen molar-refractivity contribution >= 4 is 33.5 Å². The van der Waals surface area contributed by atoms with E-state index in [4.69, 9.17) is 16.7 Å². The lowest BCUT2D eigenvalue weighted by Crippen LogP contribution is -2.47. The average molecular weight is 363 g/mol. The largest absolute Gasteiger partial charge is 0.480 e. The SMILES string of the molecule is CC(=O)NCCN(C(C)C(=O)O)S(=O)(=O)Cc1ccccc1Cl. The molecule has 1 amide bonds. The highest BCUT2D eigenvalue weighted by atomic mass is 35.5. The molecular formula is C14H19ClN2O5S. The Labute approximate surface area is 140 Å². The summed E-state index contributed by atoms with van der Waals surface area (Å²) in [6.07, 6.45) is 0. The van der Waals surface area contributed by atoms with E-state index in [0.29, 0.717) is 10.6 Å². The number of carbonyl (C=O) groups is 2. The molecule has 1 aromatic carbocycles. The molecule has 1 rings (SSSR count). The van der Waals surface area contributed by atoms with Gasteiger partial charge in [0.1, 0.15) is 6.04 Å². The van der Waals surface area contributed by atoms with Crippen LogP contribution in [0.25, 0.3) is 0 Å². The first kappa shape index (κ1) is 19.4. The Hall–Kier alpha value is -1.64. The standard InChI is InChI=1S/C14H19ClN2O5S/c1-10(14(19)20)17(8-7-16-11(2)18)23(21,22)9-12-5-3-4-6-13(12)15/h3-6,10H,7-9H2,1-2H3,(H,16,18)(H,19,20). The van der Waals surface area contributed by atoms with Crippen molar-refractivity contribution in [3.63, 3.8) is 0 Å². The van der Waals surface area contributed by atoms with Crippen LogP contribution in [-0.4, -0.2) is 48.8 Å². The smallest absolute Gasteiger partial charge is 0.321 e. The summed E-state index contributed by atoms with van der Waals surface area (Å²) in [6.45, 7) is 2.46. The van der Waals surface area contributed by atoms with E-state index in [1.807, 2.05) is 0 Å². The second kappa shape index (κ2) is 8.28. The fourth-order valence-corrected chi connectivity index (χ4v) is 3.97. The Bertz CT molecular complexity index is 678. The number of amides is 1. The van der Waals surface area contributed by atoms with Crippen LogP contribution in [0.2, 0.25) is 5.02 Å².